The van der Waals surface area contributed by atoms with E-state index < -0.39 is 37.3 Å². The van der Waals surface area contributed by atoms with Crippen LogP contribution in [0.1, 0.15) is 15.9 Å². The Kier molecular flexibility index (Phi) is 5.31. The van der Waals surface area contributed by atoms with Crippen molar-refractivity contribution in [2.24, 2.45) is 0 Å². The van der Waals surface area contributed by atoms with Crippen LogP contribution in [0, 0.1) is 0 Å². The Labute approximate surface area is 165 Å². The Balaban J connectivity index is 1.56. The molecule has 5 atom stereocenters. The largest absolute Gasteiger partial charge is 0.394 e. The number of nitrogens with zero attached hydrogens (tertiary/aromatic N) is 1. The molecule has 2 aromatic carbocycles. The lowest BCUT2D eigenvalue weighted by atomic mass is 9.98. The first-order chi connectivity index (χ1) is 14.0. The van der Waals surface area contributed by atoms with Crippen LogP contribution in [-0.2, 0) is 4.74 Å². The van der Waals surface area contributed by atoms with Gasteiger partial charge in [0.2, 0.25) is 5.95 Å². The number of aliphatic hydroxyl groups excluding tert-OH is 4. The molecule has 152 valence electrons. The van der Waals surface area contributed by atoms with Gasteiger partial charge in [0.1, 0.15) is 24.4 Å². The van der Waals surface area contributed by atoms with Crippen LogP contribution in [-0.4, -0.2) is 73.4 Å². The molecule has 0 spiro atoms. The third-order valence-electron chi connectivity index (χ3n) is 4.95. The number of hydrogen-bond acceptors (Lipinski definition) is 8. The zero-order valence-electron chi connectivity index (χ0n) is 15.3. The number of aromatic amines is 1. The summed E-state index contributed by atoms with van der Waals surface area (Å²) in [6.07, 6.45) is -6.48. The molecule has 1 aliphatic heterocycles. The van der Waals surface area contributed by atoms with Crippen LogP contribution in [0.3, 0.4) is 0 Å². The lowest BCUT2D eigenvalue weighted by Crippen LogP contribution is -2.60. The lowest BCUT2D eigenvalue weighted by molar-refractivity contribution is -0.221. The molecule has 29 heavy (non-hydrogen) atoms. The highest BCUT2D eigenvalue weighted by atomic mass is 16.6. The molecule has 0 saturated carbocycles. The highest BCUT2D eigenvalue weighted by molar-refractivity contribution is 6.10. The normalized spacial score (nSPS) is 27.1. The summed E-state index contributed by atoms with van der Waals surface area (Å²) in [5.74, 6) is 0.124. The number of carbonyl (C=O) groups is 1. The van der Waals surface area contributed by atoms with Gasteiger partial charge in [-0.15, -0.1) is 0 Å². The molecule has 6 N–H and O–H groups in total. The van der Waals surface area contributed by atoms with Crippen LogP contribution < -0.4 is 5.32 Å². The third kappa shape index (κ3) is 3.74. The zero-order chi connectivity index (χ0) is 20.5. The van der Waals surface area contributed by atoms with Crippen molar-refractivity contribution >= 4 is 22.8 Å². The fourth-order valence-corrected chi connectivity index (χ4v) is 3.33. The van der Waals surface area contributed by atoms with Gasteiger partial charge in [-0.05, 0) is 18.2 Å². The van der Waals surface area contributed by atoms with Gasteiger partial charge < -0.3 is 35.5 Å². The Morgan fingerprint density at radius 1 is 1.03 bits per heavy atom. The van der Waals surface area contributed by atoms with Crippen molar-refractivity contribution in [3.8, 4) is 0 Å². The molecular formula is C20H21N3O6. The van der Waals surface area contributed by atoms with Gasteiger partial charge in [-0.2, -0.15) is 0 Å². The SMILES string of the molecule is O=C(c1ccccc1)c1ccc2nc(NC3OC(CO)C(O)C(O)C3O)[nH]c2c1. The van der Waals surface area contributed by atoms with E-state index >= 15 is 0 Å². The Hall–Kier alpha value is -2.82. The average Bonchev–Trinajstić information content (AvgIpc) is 3.15. The van der Waals surface area contributed by atoms with Crippen LogP contribution in [0.5, 0.6) is 0 Å². The van der Waals surface area contributed by atoms with Gasteiger partial charge in [-0.3, -0.25) is 4.79 Å². The highest BCUT2D eigenvalue weighted by Gasteiger charge is 2.43. The van der Waals surface area contributed by atoms with Crippen LogP contribution in [0.2, 0.25) is 0 Å². The molecule has 5 unspecified atom stereocenters. The standard InChI is InChI=1S/C20H21N3O6/c24-9-14-16(26)17(27)18(28)19(29-14)23-20-21-12-7-6-11(8-13(12)22-20)15(25)10-4-2-1-3-5-10/h1-8,14,16-19,24,26-28H,9H2,(H2,21,22,23). The van der Waals surface area contributed by atoms with E-state index in [0.29, 0.717) is 22.2 Å². The quantitative estimate of drug-likeness (QED) is 0.329. The van der Waals surface area contributed by atoms with Crippen molar-refractivity contribution in [1.29, 1.82) is 0 Å². The maximum Gasteiger partial charge on any atom is 0.203 e. The Bertz CT molecular complexity index is 1010. The van der Waals surface area contributed by atoms with E-state index in [1.165, 1.54) is 0 Å². The zero-order valence-corrected chi connectivity index (χ0v) is 15.3. The van der Waals surface area contributed by atoms with Crippen molar-refractivity contribution in [3.05, 3.63) is 59.7 Å². The highest BCUT2D eigenvalue weighted by Crippen LogP contribution is 2.24. The van der Waals surface area contributed by atoms with E-state index in [-0.39, 0.29) is 11.7 Å². The van der Waals surface area contributed by atoms with Crippen molar-refractivity contribution in [2.45, 2.75) is 30.6 Å². The summed E-state index contributed by atoms with van der Waals surface area (Å²) in [6.45, 7) is -0.520. The van der Waals surface area contributed by atoms with E-state index in [2.05, 4.69) is 15.3 Å². The maximum absolute atomic E-state index is 12.6. The fourth-order valence-electron chi connectivity index (χ4n) is 3.33. The minimum Gasteiger partial charge on any atom is -0.394 e. The number of nitrogens with one attached hydrogen (secondary N) is 2. The molecule has 2 heterocycles. The summed E-state index contributed by atoms with van der Waals surface area (Å²) in [5.41, 5.74) is 2.25. The lowest BCUT2D eigenvalue weighted by Gasteiger charge is -2.40. The first-order valence-corrected chi connectivity index (χ1v) is 9.14. The molecule has 0 radical (unpaired) electrons. The van der Waals surface area contributed by atoms with Crippen molar-refractivity contribution < 1.29 is 30.0 Å². The average molecular weight is 399 g/mol. The number of ketones is 1. The Morgan fingerprint density at radius 3 is 2.52 bits per heavy atom. The van der Waals surface area contributed by atoms with E-state index in [0.717, 1.165) is 0 Å². The number of H-pyrrole nitrogens is 1. The molecule has 1 aromatic heterocycles. The van der Waals surface area contributed by atoms with Gasteiger partial charge in [-0.1, -0.05) is 30.3 Å². The smallest absolute Gasteiger partial charge is 0.203 e. The number of anilines is 1. The molecule has 3 aromatic rings. The molecule has 0 amide bonds. The van der Waals surface area contributed by atoms with E-state index in [9.17, 15) is 25.2 Å². The number of carbonyl (C=O) groups excluding carboxylic acids is 1. The molecule has 1 saturated heterocycles. The molecule has 0 aliphatic carbocycles. The predicted molar refractivity (Wildman–Crippen MR) is 103 cm³/mol. The van der Waals surface area contributed by atoms with Crippen LogP contribution in [0.4, 0.5) is 5.95 Å². The van der Waals surface area contributed by atoms with Crippen LogP contribution in [0.15, 0.2) is 48.5 Å². The van der Waals surface area contributed by atoms with Gasteiger partial charge in [0.05, 0.1) is 17.6 Å². The van der Waals surface area contributed by atoms with Gasteiger partial charge in [0.15, 0.2) is 12.0 Å². The van der Waals surface area contributed by atoms with E-state index in [1.54, 1.807) is 42.5 Å². The molecule has 1 fully saturated rings. The molecule has 9 nitrogen and oxygen atoms in total. The number of ether oxygens (including phenoxy) is 1. The number of benzene rings is 2. The van der Waals surface area contributed by atoms with E-state index in [1.807, 2.05) is 6.07 Å². The molecule has 9 heteroatoms. The Morgan fingerprint density at radius 2 is 1.79 bits per heavy atom. The van der Waals surface area contributed by atoms with Crippen molar-refractivity contribution in [1.82, 2.24) is 9.97 Å². The van der Waals surface area contributed by atoms with E-state index in [4.69, 9.17) is 4.74 Å². The predicted octanol–water partition coefficient (Wildman–Crippen LogP) is 0.00570. The van der Waals surface area contributed by atoms with Gasteiger partial charge in [-0.25, -0.2) is 4.98 Å². The minimum absolute atomic E-state index is 0.120. The second-order valence-electron chi connectivity index (χ2n) is 6.91. The number of rotatable bonds is 5. The number of fused-ring (bicyclic) bond motifs is 1. The summed E-state index contributed by atoms with van der Waals surface area (Å²) < 4.78 is 5.42. The summed E-state index contributed by atoms with van der Waals surface area (Å²) in [7, 11) is 0. The molecule has 4 rings (SSSR count). The summed E-state index contributed by atoms with van der Waals surface area (Å²) in [5, 5.41) is 42.0. The van der Waals surface area contributed by atoms with Crippen LogP contribution in [0.25, 0.3) is 11.0 Å². The summed E-state index contributed by atoms with van der Waals surface area (Å²) in [6, 6.07) is 14.0. The van der Waals surface area contributed by atoms with Crippen LogP contribution >= 0.6 is 0 Å². The molecular weight excluding hydrogens is 378 g/mol. The molecule has 1 aliphatic rings. The second kappa shape index (κ2) is 7.90. The first kappa shape index (κ1) is 19.5. The summed E-state index contributed by atoms with van der Waals surface area (Å²) in [4.78, 5) is 19.9. The topological polar surface area (TPSA) is 148 Å². The number of hydrogen-bond donors (Lipinski definition) is 6. The minimum atomic E-state index is -1.49. The molecule has 0 bridgehead atoms. The number of aliphatic hydroxyl groups is 4. The number of aromatic nitrogens is 2. The first-order valence-electron chi connectivity index (χ1n) is 9.14. The maximum atomic E-state index is 12.6. The van der Waals surface area contributed by atoms with Gasteiger partial charge in [0, 0.05) is 11.1 Å². The van der Waals surface area contributed by atoms with Crippen molar-refractivity contribution in [2.75, 3.05) is 11.9 Å². The van der Waals surface area contributed by atoms with Crippen molar-refractivity contribution in [3.63, 3.8) is 0 Å². The fraction of sp³-hybridized carbons (Fsp3) is 0.300. The number of imidazole rings is 1. The monoisotopic (exact) mass is 399 g/mol. The summed E-state index contributed by atoms with van der Waals surface area (Å²) >= 11 is 0. The van der Waals surface area contributed by atoms with Gasteiger partial charge >= 0.3 is 0 Å². The third-order valence-corrected chi connectivity index (χ3v) is 4.95. The van der Waals surface area contributed by atoms with Gasteiger partial charge in [0.25, 0.3) is 0 Å². The second-order valence-corrected chi connectivity index (χ2v) is 6.91.